The molecular weight excluding hydrogens is 278 g/mol. The second-order valence-corrected chi connectivity index (χ2v) is 6.32. The minimum atomic E-state index is 0.363. The van der Waals surface area contributed by atoms with Crippen molar-refractivity contribution in [2.24, 2.45) is 0 Å². The Morgan fingerprint density at radius 1 is 1.29 bits per heavy atom. The van der Waals surface area contributed by atoms with Crippen molar-refractivity contribution in [2.75, 3.05) is 6.54 Å². The van der Waals surface area contributed by atoms with Gasteiger partial charge in [-0.15, -0.1) is 11.3 Å². The Kier molecular flexibility index (Phi) is 4.36. The van der Waals surface area contributed by atoms with E-state index in [1.807, 2.05) is 22.2 Å². The van der Waals surface area contributed by atoms with E-state index in [0.717, 1.165) is 19.5 Å². The van der Waals surface area contributed by atoms with Crippen molar-refractivity contribution in [3.05, 3.63) is 53.2 Å². The van der Waals surface area contributed by atoms with Crippen molar-refractivity contribution in [1.82, 2.24) is 15.1 Å². The van der Waals surface area contributed by atoms with E-state index in [-0.39, 0.29) is 0 Å². The van der Waals surface area contributed by atoms with Crippen LogP contribution in [0.5, 0.6) is 0 Å². The summed E-state index contributed by atoms with van der Waals surface area (Å²) in [6.45, 7) is 6.18. The number of likely N-dealkylation sites (N-methyl/N-ethyl adjacent to an activating group) is 1. The van der Waals surface area contributed by atoms with E-state index in [1.165, 1.54) is 20.5 Å². The fraction of sp³-hybridized carbons (Fsp3) is 0.353. The van der Waals surface area contributed by atoms with Crippen LogP contribution in [-0.2, 0) is 13.0 Å². The number of hydrogen-bond acceptors (Lipinski definition) is 3. The number of rotatable bonds is 6. The molecule has 2 heterocycles. The number of thiophene rings is 1. The summed E-state index contributed by atoms with van der Waals surface area (Å²) in [6, 6.07) is 11.3. The predicted molar refractivity (Wildman–Crippen MR) is 89.8 cm³/mol. The van der Waals surface area contributed by atoms with Gasteiger partial charge in [0.05, 0.1) is 6.20 Å². The molecule has 3 nitrogen and oxygen atoms in total. The van der Waals surface area contributed by atoms with E-state index in [4.69, 9.17) is 0 Å². The zero-order valence-corrected chi connectivity index (χ0v) is 13.4. The summed E-state index contributed by atoms with van der Waals surface area (Å²) in [5, 5.41) is 9.32. The van der Waals surface area contributed by atoms with Crippen molar-refractivity contribution in [3.8, 4) is 0 Å². The van der Waals surface area contributed by atoms with Gasteiger partial charge in [-0.2, -0.15) is 5.10 Å². The summed E-state index contributed by atoms with van der Waals surface area (Å²) in [7, 11) is 0. The molecule has 110 valence electrons. The molecule has 0 fully saturated rings. The van der Waals surface area contributed by atoms with Crippen LogP contribution in [0, 0.1) is 0 Å². The third kappa shape index (κ3) is 3.17. The first-order chi connectivity index (χ1) is 10.3. The highest BCUT2D eigenvalue weighted by atomic mass is 32.1. The quantitative estimate of drug-likeness (QED) is 0.745. The molecule has 1 unspecified atom stereocenters. The first-order valence-electron chi connectivity index (χ1n) is 7.53. The van der Waals surface area contributed by atoms with Gasteiger partial charge in [0.15, 0.2) is 0 Å². The van der Waals surface area contributed by atoms with Gasteiger partial charge in [-0.05, 0) is 43.0 Å². The van der Waals surface area contributed by atoms with E-state index in [2.05, 4.69) is 60.8 Å². The third-order valence-corrected chi connectivity index (χ3v) is 4.92. The highest BCUT2D eigenvalue weighted by molar-refractivity contribution is 7.19. The van der Waals surface area contributed by atoms with Crippen LogP contribution in [0.3, 0.4) is 0 Å². The Hall–Kier alpha value is -1.65. The Balaban J connectivity index is 1.86. The molecule has 1 aromatic carbocycles. The maximum atomic E-state index is 4.38. The highest BCUT2D eigenvalue weighted by Crippen LogP contribution is 2.31. The molecule has 0 bridgehead atoms. The molecule has 0 radical (unpaired) electrons. The van der Waals surface area contributed by atoms with Gasteiger partial charge in [0.25, 0.3) is 0 Å². The lowest BCUT2D eigenvalue weighted by Gasteiger charge is -2.15. The van der Waals surface area contributed by atoms with Gasteiger partial charge in [0.2, 0.25) is 0 Å². The maximum absolute atomic E-state index is 4.38. The van der Waals surface area contributed by atoms with E-state index < -0.39 is 0 Å². The molecule has 0 aliphatic carbocycles. The Labute approximate surface area is 129 Å². The zero-order valence-electron chi connectivity index (χ0n) is 12.5. The topological polar surface area (TPSA) is 29.9 Å². The summed E-state index contributed by atoms with van der Waals surface area (Å²) in [6.07, 6.45) is 5.12. The Morgan fingerprint density at radius 2 is 2.14 bits per heavy atom. The first-order valence-corrected chi connectivity index (χ1v) is 8.35. The number of fused-ring (bicyclic) bond motifs is 1. The summed E-state index contributed by atoms with van der Waals surface area (Å²) in [5.41, 5.74) is 1.29. The molecule has 3 aromatic rings. The van der Waals surface area contributed by atoms with Gasteiger partial charge < -0.3 is 5.32 Å². The molecule has 0 amide bonds. The maximum Gasteiger partial charge on any atom is 0.0522 e. The Morgan fingerprint density at radius 3 is 2.86 bits per heavy atom. The molecule has 0 aliphatic heterocycles. The van der Waals surface area contributed by atoms with Crippen molar-refractivity contribution in [3.63, 3.8) is 0 Å². The predicted octanol–water partition coefficient (Wildman–Crippen LogP) is 4.01. The molecule has 0 aliphatic rings. The standard InChI is InChI=1S/C17H21N3S/c1-3-18-15(9-13-11-19-20(4-2)12-13)17-10-14-7-5-6-8-16(14)21-17/h5-8,10-12,15,18H,3-4,9H2,1-2H3. The molecule has 1 N–H and O–H groups in total. The highest BCUT2D eigenvalue weighted by Gasteiger charge is 2.15. The SMILES string of the molecule is CCNC(Cc1cnn(CC)c1)c1cc2ccccc2s1. The smallest absolute Gasteiger partial charge is 0.0522 e. The summed E-state index contributed by atoms with van der Waals surface area (Å²) in [5.74, 6) is 0. The lowest BCUT2D eigenvalue weighted by molar-refractivity contribution is 0.558. The van der Waals surface area contributed by atoms with Crippen LogP contribution in [0.1, 0.15) is 30.3 Å². The van der Waals surface area contributed by atoms with Gasteiger partial charge in [-0.3, -0.25) is 4.68 Å². The minimum Gasteiger partial charge on any atom is -0.309 e. The molecule has 1 atom stereocenters. The fourth-order valence-electron chi connectivity index (χ4n) is 2.61. The Bertz CT molecular complexity index is 680. The van der Waals surface area contributed by atoms with Gasteiger partial charge in [-0.1, -0.05) is 25.1 Å². The van der Waals surface area contributed by atoms with Gasteiger partial charge in [0.1, 0.15) is 0 Å². The number of aromatic nitrogens is 2. The van der Waals surface area contributed by atoms with Gasteiger partial charge in [-0.25, -0.2) is 0 Å². The normalized spacial score (nSPS) is 12.9. The molecule has 0 spiro atoms. The molecule has 4 heteroatoms. The lowest BCUT2D eigenvalue weighted by atomic mass is 10.1. The van der Waals surface area contributed by atoms with E-state index in [9.17, 15) is 0 Å². The van der Waals surface area contributed by atoms with Crippen LogP contribution in [-0.4, -0.2) is 16.3 Å². The van der Waals surface area contributed by atoms with Crippen molar-refractivity contribution >= 4 is 21.4 Å². The third-order valence-electron chi connectivity index (χ3n) is 3.69. The van der Waals surface area contributed by atoms with Crippen LogP contribution in [0.4, 0.5) is 0 Å². The van der Waals surface area contributed by atoms with Crippen molar-refractivity contribution in [1.29, 1.82) is 0 Å². The van der Waals surface area contributed by atoms with Crippen LogP contribution in [0.2, 0.25) is 0 Å². The van der Waals surface area contributed by atoms with Crippen LogP contribution in [0.15, 0.2) is 42.7 Å². The summed E-state index contributed by atoms with van der Waals surface area (Å²) in [4.78, 5) is 1.40. The number of aryl methyl sites for hydroxylation is 1. The van der Waals surface area contributed by atoms with Crippen LogP contribution in [0.25, 0.3) is 10.1 Å². The number of nitrogens with one attached hydrogen (secondary N) is 1. The molecule has 2 aromatic heterocycles. The van der Waals surface area contributed by atoms with Crippen LogP contribution < -0.4 is 5.32 Å². The lowest BCUT2D eigenvalue weighted by Crippen LogP contribution is -2.21. The minimum absolute atomic E-state index is 0.363. The largest absolute Gasteiger partial charge is 0.309 e. The zero-order chi connectivity index (χ0) is 14.7. The average molecular weight is 299 g/mol. The van der Waals surface area contributed by atoms with Crippen LogP contribution >= 0.6 is 11.3 Å². The first kappa shape index (κ1) is 14.3. The number of hydrogen-bond donors (Lipinski definition) is 1. The van der Waals surface area contributed by atoms with E-state index in [0.29, 0.717) is 6.04 Å². The molecule has 3 rings (SSSR count). The molecule has 0 saturated heterocycles. The van der Waals surface area contributed by atoms with Crippen molar-refractivity contribution in [2.45, 2.75) is 32.9 Å². The average Bonchev–Trinajstić information content (AvgIpc) is 3.12. The summed E-state index contributed by atoms with van der Waals surface area (Å²) < 4.78 is 3.35. The number of benzene rings is 1. The molecular formula is C17H21N3S. The van der Waals surface area contributed by atoms with E-state index in [1.54, 1.807) is 0 Å². The fourth-order valence-corrected chi connectivity index (χ4v) is 3.75. The molecule has 21 heavy (non-hydrogen) atoms. The van der Waals surface area contributed by atoms with Crippen molar-refractivity contribution < 1.29 is 0 Å². The molecule has 0 saturated carbocycles. The monoisotopic (exact) mass is 299 g/mol. The van der Waals surface area contributed by atoms with E-state index >= 15 is 0 Å². The number of nitrogens with zero attached hydrogens (tertiary/aromatic N) is 2. The van der Waals surface area contributed by atoms with Gasteiger partial charge >= 0.3 is 0 Å². The second kappa shape index (κ2) is 6.41. The van der Waals surface area contributed by atoms with Gasteiger partial charge in [0, 0.05) is 28.4 Å². The summed E-state index contributed by atoms with van der Waals surface area (Å²) >= 11 is 1.89. The second-order valence-electron chi connectivity index (χ2n) is 5.21.